The Labute approximate surface area is 139 Å². The minimum Gasteiger partial charge on any atom is -0.489 e. The molecule has 1 amide bonds. The summed E-state index contributed by atoms with van der Waals surface area (Å²) in [5.74, 6) is -0.108. The molecule has 0 fully saturated rings. The van der Waals surface area contributed by atoms with Crippen LogP contribution in [0.4, 0.5) is 4.39 Å². The molecule has 1 N–H and O–H groups in total. The zero-order valence-electron chi connectivity index (χ0n) is 12.6. The Hall–Kier alpha value is -2.11. The highest BCUT2D eigenvalue weighted by Gasteiger charge is 2.11. The van der Waals surface area contributed by atoms with E-state index in [2.05, 4.69) is 0 Å². The van der Waals surface area contributed by atoms with Crippen LogP contribution in [0, 0.1) is 5.82 Å². The third kappa shape index (κ3) is 4.43. The second-order valence-corrected chi connectivity index (χ2v) is 5.37. The second kappa shape index (κ2) is 7.94. The van der Waals surface area contributed by atoms with Crippen LogP contribution in [0.25, 0.3) is 0 Å². The lowest BCUT2D eigenvalue weighted by Crippen LogP contribution is -2.29. The number of rotatable bonds is 6. The predicted octanol–water partition coefficient (Wildman–Crippen LogP) is 3.12. The monoisotopic (exact) mass is 337 g/mol. The molecule has 0 heterocycles. The summed E-state index contributed by atoms with van der Waals surface area (Å²) in [7, 11) is 1.61. The molecule has 122 valence electrons. The van der Waals surface area contributed by atoms with Gasteiger partial charge in [-0.2, -0.15) is 0 Å². The van der Waals surface area contributed by atoms with Gasteiger partial charge < -0.3 is 14.7 Å². The van der Waals surface area contributed by atoms with Crippen LogP contribution in [-0.4, -0.2) is 36.1 Å². The number of nitrogens with zero attached hydrogens (tertiary/aromatic N) is 1. The molecular weight excluding hydrogens is 321 g/mol. The Morgan fingerprint density at radius 2 is 1.96 bits per heavy atom. The highest BCUT2D eigenvalue weighted by molar-refractivity contribution is 6.31. The van der Waals surface area contributed by atoms with Gasteiger partial charge in [-0.15, -0.1) is 0 Å². The van der Waals surface area contributed by atoms with Gasteiger partial charge >= 0.3 is 0 Å². The molecule has 0 atom stereocenters. The van der Waals surface area contributed by atoms with Gasteiger partial charge in [0.25, 0.3) is 5.91 Å². The number of carbonyl (C=O) groups excluding carboxylic acids is 1. The van der Waals surface area contributed by atoms with Crippen LogP contribution in [0.3, 0.4) is 0 Å². The summed E-state index contributed by atoms with van der Waals surface area (Å²) in [6.07, 6.45) is 0. The van der Waals surface area contributed by atoms with E-state index in [1.54, 1.807) is 37.4 Å². The van der Waals surface area contributed by atoms with Gasteiger partial charge in [-0.3, -0.25) is 4.79 Å². The number of likely N-dealkylation sites (N-methyl/N-ethyl adjacent to an activating group) is 1. The molecule has 2 rings (SSSR count). The van der Waals surface area contributed by atoms with Gasteiger partial charge in [0, 0.05) is 24.7 Å². The molecule has 2 aromatic carbocycles. The number of halogens is 2. The smallest absolute Gasteiger partial charge is 0.253 e. The summed E-state index contributed by atoms with van der Waals surface area (Å²) < 4.78 is 19.2. The lowest BCUT2D eigenvalue weighted by Gasteiger charge is -2.16. The zero-order valence-corrected chi connectivity index (χ0v) is 13.4. The highest BCUT2D eigenvalue weighted by atomic mass is 35.5. The van der Waals surface area contributed by atoms with Crippen LogP contribution in [0.5, 0.6) is 5.75 Å². The first kappa shape index (κ1) is 17.2. The quantitative estimate of drug-likeness (QED) is 0.881. The van der Waals surface area contributed by atoms with Gasteiger partial charge in [-0.1, -0.05) is 17.7 Å². The van der Waals surface area contributed by atoms with E-state index in [1.165, 1.54) is 17.0 Å². The maximum Gasteiger partial charge on any atom is 0.253 e. The summed E-state index contributed by atoms with van der Waals surface area (Å²) >= 11 is 5.94. The molecule has 4 nitrogen and oxygen atoms in total. The standard InChI is InChI=1S/C17H17ClFNO3/c1-20(9-10-21)17(22)12-5-7-13(8-6-12)23-11-14-15(18)3-2-4-16(14)19/h2-8,21H,9-11H2,1H3. The van der Waals surface area contributed by atoms with Gasteiger partial charge in [0.2, 0.25) is 0 Å². The second-order valence-electron chi connectivity index (χ2n) is 4.96. The summed E-state index contributed by atoms with van der Waals surface area (Å²) in [4.78, 5) is 13.4. The molecule has 0 bridgehead atoms. The lowest BCUT2D eigenvalue weighted by atomic mass is 10.2. The fourth-order valence-corrected chi connectivity index (χ4v) is 2.21. The number of ether oxygens (including phenoxy) is 1. The number of amides is 1. The Morgan fingerprint density at radius 3 is 2.57 bits per heavy atom. The third-order valence-electron chi connectivity index (χ3n) is 3.33. The zero-order chi connectivity index (χ0) is 16.8. The van der Waals surface area contributed by atoms with E-state index in [-0.39, 0.29) is 31.2 Å². The topological polar surface area (TPSA) is 49.8 Å². The number of aliphatic hydroxyl groups is 1. The van der Waals surface area contributed by atoms with E-state index in [0.29, 0.717) is 16.3 Å². The normalized spacial score (nSPS) is 10.4. The van der Waals surface area contributed by atoms with Crippen LogP contribution in [0.1, 0.15) is 15.9 Å². The minimum atomic E-state index is -0.421. The molecule has 0 saturated heterocycles. The SMILES string of the molecule is CN(CCO)C(=O)c1ccc(OCc2c(F)cccc2Cl)cc1. The fraction of sp³-hybridized carbons (Fsp3) is 0.235. The summed E-state index contributed by atoms with van der Waals surface area (Å²) in [6, 6.07) is 11.0. The minimum absolute atomic E-state index is 0.00319. The molecule has 0 saturated carbocycles. The van der Waals surface area contributed by atoms with Crippen LogP contribution >= 0.6 is 11.6 Å². The maximum atomic E-state index is 13.6. The van der Waals surface area contributed by atoms with Crippen molar-refractivity contribution < 1.29 is 19.0 Å². The van der Waals surface area contributed by atoms with E-state index < -0.39 is 5.82 Å². The Balaban J connectivity index is 2.02. The van der Waals surface area contributed by atoms with Gasteiger partial charge in [0.15, 0.2) is 0 Å². The number of carbonyl (C=O) groups is 1. The van der Waals surface area contributed by atoms with Crippen LogP contribution in [0.2, 0.25) is 5.02 Å². The van der Waals surface area contributed by atoms with Crippen molar-refractivity contribution in [2.75, 3.05) is 20.2 Å². The molecular formula is C17H17ClFNO3. The van der Waals surface area contributed by atoms with Crippen LogP contribution in [-0.2, 0) is 6.61 Å². The van der Waals surface area contributed by atoms with Crippen LogP contribution in [0.15, 0.2) is 42.5 Å². The molecule has 0 aliphatic carbocycles. The average molecular weight is 338 g/mol. The average Bonchev–Trinajstić information content (AvgIpc) is 2.54. The first-order chi connectivity index (χ1) is 11.0. The summed E-state index contributed by atoms with van der Waals surface area (Å²) in [6.45, 7) is 0.179. The van der Waals surface area contributed by atoms with E-state index in [0.717, 1.165) is 0 Å². The number of aliphatic hydroxyl groups excluding tert-OH is 1. The number of benzene rings is 2. The van der Waals surface area contributed by atoms with E-state index >= 15 is 0 Å². The van der Waals surface area contributed by atoms with Gasteiger partial charge in [-0.25, -0.2) is 4.39 Å². The first-order valence-corrected chi connectivity index (χ1v) is 7.43. The van der Waals surface area contributed by atoms with Crippen molar-refractivity contribution in [3.63, 3.8) is 0 Å². The van der Waals surface area contributed by atoms with Crippen molar-refractivity contribution in [2.45, 2.75) is 6.61 Å². The summed E-state index contributed by atoms with van der Waals surface area (Å²) in [5.41, 5.74) is 0.772. The van der Waals surface area contributed by atoms with E-state index in [1.807, 2.05) is 0 Å². The van der Waals surface area contributed by atoms with Crippen molar-refractivity contribution in [2.24, 2.45) is 0 Å². The van der Waals surface area contributed by atoms with Crippen molar-refractivity contribution in [1.82, 2.24) is 4.90 Å². The predicted molar refractivity (Wildman–Crippen MR) is 86.2 cm³/mol. The number of hydrogen-bond donors (Lipinski definition) is 1. The lowest BCUT2D eigenvalue weighted by molar-refractivity contribution is 0.0767. The van der Waals surface area contributed by atoms with Crippen molar-refractivity contribution >= 4 is 17.5 Å². The molecule has 0 aliphatic rings. The van der Waals surface area contributed by atoms with Gasteiger partial charge in [-0.05, 0) is 36.4 Å². The Morgan fingerprint density at radius 1 is 1.26 bits per heavy atom. The molecule has 6 heteroatoms. The van der Waals surface area contributed by atoms with Crippen molar-refractivity contribution in [3.8, 4) is 5.75 Å². The highest BCUT2D eigenvalue weighted by Crippen LogP contribution is 2.21. The fourth-order valence-electron chi connectivity index (χ4n) is 1.99. The summed E-state index contributed by atoms with van der Waals surface area (Å²) in [5, 5.41) is 9.15. The van der Waals surface area contributed by atoms with Crippen molar-refractivity contribution in [3.05, 3.63) is 64.4 Å². The van der Waals surface area contributed by atoms with Gasteiger partial charge in [0.1, 0.15) is 18.2 Å². The molecule has 2 aromatic rings. The first-order valence-electron chi connectivity index (χ1n) is 7.05. The number of hydrogen-bond acceptors (Lipinski definition) is 3. The van der Waals surface area contributed by atoms with E-state index in [9.17, 15) is 9.18 Å². The third-order valence-corrected chi connectivity index (χ3v) is 3.68. The van der Waals surface area contributed by atoms with Crippen LogP contribution < -0.4 is 4.74 Å². The molecule has 0 spiro atoms. The van der Waals surface area contributed by atoms with Gasteiger partial charge in [0.05, 0.1) is 11.6 Å². The Bertz CT molecular complexity index is 656. The largest absolute Gasteiger partial charge is 0.489 e. The van der Waals surface area contributed by atoms with E-state index in [4.69, 9.17) is 21.4 Å². The Kier molecular flexibility index (Phi) is 5.96. The molecule has 0 aliphatic heterocycles. The maximum absolute atomic E-state index is 13.6. The molecule has 23 heavy (non-hydrogen) atoms. The molecule has 0 aromatic heterocycles. The molecule has 0 unspecified atom stereocenters. The molecule has 0 radical (unpaired) electrons. The van der Waals surface area contributed by atoms with Crippen molar-refractivity contribution in [1.29, 1.82) is 0 Å².